The van der Waals surface area contributed by atoms with Crippen LogP contribution in [0.2, 0.25) is 0 Å². The third-order valence-corrected chi connectivity index (χ3v) is 7.59. The van der Waals surface area contributed by atoms with Crippen molar-refractivity contribution in [3.63, 3.8) is 0 Å². The van der Waals surface area contributed by atoms with E-state index < -0.39 is 15.9 Å². The maximum Gasteiger partial charge on any atom is 0.268 e. The summed E-state index contributed by atoms with van der Waals surface area (Å²) in [6.45, 7) is 2.84. The largest absolute Gasteiger partial charge is 0.497 e. The van der Waals surface area contributed by atoms with Crippen molar-refractivity contribution in [3.05, 3.63) is 84.7 Å². The van der Waals surface area contributed by atoms with Crippen LogP contribution in [0.15, 0.2) is 84.0 Å². The van der Waals surface area contributed by atoms with Gasteiger partial charge in [0.1, 0.15) is 10.6 Å². The molecule has 0 saturated carbocycles. The third-order valence-electron chi connectivity index (χ3n) is 5.84. The maximum atomic E-state index is 13.4. The third kappa shape index (κ3) is 5.55. The highest BCUT2D eigenvalue weighted by Gasteiger charge is 2.31. The predicted octanol–water partition coefficient (Wildman–Crippen LogP) is 2.63. The highest BCUT2D eigenvalue weighted by molar-refractivity contribution is 7.89. The molecule has 1 fully saturated rings. The second-order valence-electron chi connectivity index (χ2n) is 8.04. The van der Waals surface area contributed by atoms with Crippen molar-refractivity contribution < 1.29 is 17.9 Å². The number of aromatic nitrogens is 1. The summed E-state index contributed by atoms with van der Waals surface area (Å²) >= 11 is 0. The summed E-state index contributed by atoms with van der Waals surface area (Å²) in [5.74, 6) is 0.195. The Balaban J connectivity index is 1.49. The zero-order chi connectivity index (χ0) is 24.0. The number of carbonyl (C=O) groups excluding carboxylic acids is 1. The minimum absolute atomic E-state index is 0.00856. The van der Waals surface area contributed by atoms with E-state index in [1.807, 2.05) is 23.1 Å². The van der Waals surface area contributed by atoms with Gasteiger partial charge in [-0.15, -0.1) is 0 Å². The van der Waals surface area contributed by atoms with Gasteiger partial charge in [-0.25, -0.2) is 12.7 Å². The first-order chi connectivity index (χ1) is 16.5. The van der Waals surface area contributed by atoms with Crippen molar-refractivity contribution in [1.29, 1.82) is 0 Å². The Labute approximate surface area is 200 Å². The molecule has 0 radical (unpaired) electrons. The lowest BCUT2D eigenvalue weighted by molar-refractivity contribution is -0.128. The molecule has 34 heavy (non-hydrogen) atoms. The Kier molecular flexibility index (Phi) is 7.44. The summed E-state index contributed by atoms with van der Waals surface area (Å²) in [5.41, 5.74) is 1.84. The number of hydrogen-bond acceptors (Lipinski definition) is 7. The number of pyridine rings is 1. The molecule has 0 bridgehead atoms. The summed E-state index contributed by atoms with van der Waals surface area (Å²) in [6, 6.07) is 20.1. The van der Waals surface area contributed by atoms with Crippen LogP contribution in [0.4, 0.5) is 5.69 Å². The molecule has 0 unspecified atom stereocenters. The van der Waals surface area contributed by atoms with Crippen LogP contribution in [0.25, 0.3) is 0 Å². The second kappa shape index (κ2) is 10.7. The zero-order valence-corrected chi connectivity index (χ0v) is 19.9. The van der Waals surface area contributed by atoms with E-state index in [-0.39, 0.29) is 18.0 Å². The number of sulfonamides is 1. The van der Waals surface area contributed by atoms with Crippen LogP contribution in [-0.2, 0) is 21.4 Å². The Morgan fingerprint density at radius 3 is 2.29 bits per heavy atom. The van der Waals surface area contributed by atoms with Gasteiger partial charge in [0.2, 0.25) is 0 Å². The van der Waals surface area contributed by atoms with Crippen molar-refractivity contribution in [3.8, 4) is 5.75 Å². The number of nitrogens with zero attached hydrogens (tertiary/aromatic N) is 4. The molecule has 2 aromatic carbocycles. The van der Waals surface area contributed by atoms with Gasteiger partial charge in [0.05, 0.1) is 20.2 Å². The van der Waals surface area contributed by atoms with Crippen LogP contribution in [0, 0.1) is 0 Å². The van der Waals surface area contributed by atoms with Gasteiger partial charge in [0.15, 0.2) is 0 Å². The number of methoxy groups -OCH3 is 1. The molecule has 1 aliphatic heterocycles. The SMILES string of the molecule is COc1ccc(CN(C(=O)CN2CCN(c3ccccc3)CC2)S(=O)(=O)c2cccnc2)cc1. The second-order valence-corrected chi connectivity index (χ2v) is 9.90. The molecule has 1 amide bonds. The summed E-state index contributed by atoms with van der Waals surface area (Å²) in [5, 5.41) is 0. The fourth-order valence-corrected chi connectivity index (χ4v) is 5.25. The average molecular weight is 481 g/mol. The fourth-order valence-electron chi connectivity index (χ4n) is 3.90. The maximum absolute atomic E-state index is 13.4. The quantitative estimate of drug-likeness (QED) is 0.490. The predicted molar refractivity (Wildman–Crippen MR) is 130 cm³/mol. The lowest BCUT2D eigenvalue weighted by Crippen LogP contribution is -2.50. The van der Waals surface area contributed by atoms with E-state index in [4.69, 9.17) is 4.74 Å². The van der Waals surface area contributed by atoms with Crippen molar-refractivity contribution >= 4 is 21.6 Å². The molecule has 8 nitrogen and oxygen atoms in total. The number of carbonyl (C=O) groups is 1. The number of para-hydroxylation sites is 1. The summed E-state index contributed by atoms with van der Waals surface area (Å²) in [7, 11) is -2.50. The molecule has 0 aliphatic carbocycles. The summed E-state index contributed by atoms with van der Waals surface area (Å²) in [4.78, 5) is 21.5. The number of rotatable bonds is 8. The normalized spacial score (nSPS) is 14.6. The molecule has 1 aliphatic rings. The Bertz CT molecular complexity index is 1180. The van der Waals surface area contributed by atoms with Gasteiger partial charge in [-0.05, 0) is 42.0 Å². The summed E-state index contributed by atoms with van der Waals surface area (Å²) in [6.07, 6.45) is 2.77. The Morgan fingerprint density at radius 1 is 0.971 bits per heavy atom. The van der Waals surface area contributed by atoms with Crippen LogP contribution in [0.3, 0.4) is 0 Å². The van der Waals surface area contributed by atoms with Crippen molar-refractivity contribution in [2.75, 3.05) is 44.7 Å². The van der Waals surface area contributed by atoms with Crippen LogP contribution >= 0.6 is 0 Å². The van der Waals surface area contributed by atoms with E-state index in [1.165, 1.54) is 18.5 Å². The molecular weight excluding hydrogens is 452 g/mol. The number of piperazine rings is 1. The van der Waals surface area contributed by atoms with Gasteiger partial charge >= 0.3 is 0 Å². The average Bonchev–Trinajstić information content (AvgIpc) is 2.89. The minimum Gasteiger partial charge on any atom is -0.497 e. The molecule has 0 spiro atoms. The zero-order valence-electron chi connectivity index (χ0n) is 19.1. The van der Waals surface area contributed by atoms with E-state index in [0.29, 0.717) is 24.4 Å². The van der Waals surface area contributed by atoms with E-state index in [1.54, 1.807) is 37.4 Å². The Hall–Kier alpha value is -3.43. The fraction of sp³-hybridized carbons (Fsp3) is 0.280. The van der Waals surface area contributed by atoms with Crippen molar-refractivity contribution in [2.24, 2.45) is 0 Å². The number of amides is 1. The van der Waals surface area contributed by atoms with Crippen molar-refractivity contribution in [1.82, 2.24) is 14.2 Å². The number of ether oxygens (including phenoxy) is 1. The van der Waals surface area contributed by atoms with E-state index in [9.17, 15) is 13.2 Å². The van der Waals surface area contributed by atoms with E-state index in [2.05, 4.69) is 22.0 Å². The standard InChI is InChI=1S/C25H28N4O4S/c1-33-23-11-9-21(10-12-23)19-29(34(31,32)24-8-5-13-26-18-24)25(30)20-27-14-16-28(17-15-27)22-6-3-2-4-7-22/h2-13,18H,14-17,19-20H2,1H3. The van der Waals surface area contributed by atoms with Gasteiger partial charge in [0, 0.05) is 44.3 Å². The Morgan fingerprint density at radius 2 is 1.68 bits per heavy atom. The van der Waals surface area contributed by atoms with Gasteiger partial charge in [-0.1, -0.05) is 30.3 Å². The highest BCUT2D eigenvalue weighted by atomic mass is 32.2. The van der Waals surface area contributed by atoms with Crippen LogP contribution in [0.5, 0.6) is 5.75 Å². The van der Waals surface area contributed by atoms with Gasteiger partial charge in [-0.2, -0.15) is 0 Å². The molecule has 178 valence electrons. The molecule has 9 heteroatoms. The molecule has 1 saturated heterocycles. The first-order valence-electron chi connectivity index (χ1n) is 11.1. The monoisotopic (exact) mass is 480 g/mol. The van der Waals surface area contributed by atoms with Crippen LogP contribution in [-0.4, -0.2) is 68.3 Å². The van der Waals surface area contributed by atoms with Crippen LogP contribution in [0.1, 0.15) is 5.56 Å². The molecule has 0 N–H and O–H groups in total. The number of anilines is 1. The summed E-state index contributed by atoms with van der Waals surface area (Å²) < 4.78 is 32.9. The number of hydrogen-bond donors (Lipinski definition) is 0. The first-order valence-corrected chi connectivity index (χ1v) is 12.5. The minimum atomic E-state index is -4.07. The molecule has 0 atom stereocenters. The lowest BCUT2D eigenvalue weighted by Gasteiger charge is -2.36. The topological polar surface area (TPSA) is 83.0 Å². The van der Waals surface area contributed by atoms with E-state index >= 15 is 0 Å². The van der Waals surface area contributed by atoms with E-state index in [0.717, 1.165) is 23.1 Å². The molecule has 4 rings (SSSR count). The smallest absolute Gasteiger partial charge is 0.268 e. The molecule has 2 heterocycles. The van der Waals surface area contributed by atoms with Crippen LogP contribution < -0.4 is 9.64 Å². The molecule has 1 aromatic heterocycles. The van der Waals surface area contributed by atoms with Gasteiger partial charge in [-0.3, -0.25) is 14.7 Å². The molecular formula is C25H28N4O4S. The number of benzene rings is 2. The highest BCUT2D eigenvalue weighted by Crippen LogP contribution is 2.21. The lowest BCUT2D eigenvalue weighted by atomic mass is 10.2. The van der Waals surface area contributed by atoms with Gasteiger partial charge < -0.3 is 9.64 Å². The molecule has 3 aromatic rings. The van der Waals surface area contributed by atoms with Crippen molar-refractivity contribution in [2.45, 2.75) is 11.4 Å². The van der Waals surface area contributed by atoms with Gasteiger partial charge in [0.25, 0.3) is 15.9 Å². The first kappa shape index (κ1) is 23.7.